The van der Waals surface area contributed by atoms with E-state index in [4.69, 9.17) is 4.74 Å². The highest BCUT2D eigenvalue weighted by Gasteiger charge is 2.16. The second kappa shape index (κ2) is 6.62. The van der Waals surface area contributed by atoms with E-state index in [0.29, 0.717) is 6.54 Å². The Kier molecular flexibility index (Phi) is 5.45. The first-order chi connectivity index (χ1) is 8.10. The van der Waals surface area contributed by atoms with E-state index in [0.717, 1.165) is 35.4 Å². The van der Waals surface area contributed by atoms with Crippen molar-refractivity contribution >= 4 is 0 Å². The van der Waals surface area contributed by atoms with E-state index in [1.807, 2.05) is 19.9 Å². The van der Waals surface area contributed by atoms with Crippen molar-refractivity contribution in [3.63, 3.8) is 0 Å². The number of aliphatic hydroxyl groups excluding tert-OH is 1. The topological polar surface area (TPSA) is 41.5 Å². The van der Waals surface area contributed by atoms with Gasteiger partial charge in [0.1, 0.15) is 5.75 Å². The fourth-order valence-corrected chi connectivity index (χ4v) is 2.05. The van der Waals surface area contributed by atoms with E-state index >= 15 is 0 Å². The standard InChI is InChI=1S/C14H23NO2/c1-5-6-15-9-12(16)14-11(3)7-10(2)8-13(14)17-4/h7-8,12,15-16H,5-6,9H2,1-4H3. The molecule has 0 heterocycles. The minimum absolute atomic E-state index is 0.517. The molecule has 1 aromatic carbocycles. The quantitative estimate of drug-likeness (QED) is 0.746. The van der Waals surface area contributed by atoms with Gasteiger partial charge < -0.3 is 15.2 Å². The Bertz CT molecular complexity index is 363. The second-order valence-corrected chi connectivity index (χ2v) is 4.42. The Morgan fingerprint density at radius 1 is 1.35 bits per heavy atom. The number of hydrogen-bond donors (Lipinski definition) is 2. The number of ether oxygens (including phenoxy) is 1. The first-order valence-electron chi connectivity index (χ1n) is 6.14. The van der Waals surface area contributed by atoms with Gasteiger partial charge in [0.05, 0.1) is 13.2 Å². The van der Waals surface area contributed by atoms with E-state index in [9.17, 15) is 5.11 Å². The van der Waals surface area contributed by atoms with Crippen LogP contribution in [-0.4, -0.2) is 25.3 Å². The van der Waals surface area contributed by atoms with Crippen molar-refractivity contribution in [3.05, 3.63) is 28.8 Å². The van der Waals surface area contributed by atoms with Gasteiger partial charge in [-0.3, -0.25) is 0 Å². The van der Waals surface area contributed by atoms with Crippen LogP contribution in [0.4, 0.5) is 0 Å². The Labute approximate surface area is 104 Å². The van der Waals surface area contributed by atoms with Crippen LogP contribution in [0, 0.1) is 13.8 Å². The predicted octanol–water partition coefficient (Wildman–Crippen LogP) is 2.35. The summed E-state index contributed by atoms with van der Waals surface area (Å²) in [7, 11) is 1.64. The molecule has 0 amide bonds. The molecule has 3 heteroatoms. The number of rotatable bonds is 6. The third kappa shape index (κ3) is 3.72. The maximum Gasteiger partial charge on any atom is 0.125 e. The number of hydrogen-bond acceptors (Lipinski definition) is 3. The summed E-state index contributed by atoms with van der Waals surface area (Å²) in [6.07, 6.45) is 0.550. The van der Waals surface area contributed by atoms with Gasteiger partial charge in [0.25, 0.3) is 0 Å². The molecule has 0 fully saturated rings. The zero-order valence-corrected chi connectivity index (χ0v) is 11.2. The molecule has 1 aromatic rings. The zero-order chi connectivity index (χ0) is 12.8. The first-order valence-corrected chi connectivity index (χ1v) is 6.14. The average molecular weight is 237 g/mol. The summed E-state index contributed by atoms with van der Waals surface area (Å²) in [5.41, 5.74) is 3.12. The third-order valence-electron chi connectivity index (χ3n) is 2.81. The van der Waals surface area contributed by atoms with Crippen LogP contribution in [0.2, 0.25) is 0 Å². The summed E-state index contributed by atoms with van der Waals surface area (Å²) < 4.78 is 5.35. The Hall–Kier alpha value is -1.06. The Morgan fingerprint density at radius 3 is 2.65 bits per heavy atom. The zero-order valence-electron chi connectivity index (χ0n) is 11.2. The maximum absolute atomic E-state index is 10.2. The molecular weight excluding hydrogens is 214 g/mol. The van der Waals surface area contributed by atoms with Crippen LogP contribution < -0.4 is 10.1 Å². The molecule has 0 spiro atoms. The van der Waals surface area contributed by atoms with Crippen molar-refractivity contribution in [1.82, 2.24) is 5.32 Å². The number of methoxy groups -OCH3 is 1. The lowest BCUT2D eigenvalue weighted by atomic mass is 9.99. The van der Waals surface area contributed by atoms with E-state index in [-0.39, 0.29) is 0 Å². The minimum Gasteiger partial charge on any atom is -0.496 e. The van der Waals surface area contributed by atoms with Crippen LogP contribution in [0.3, 0.4) is 0 Å². The molecule has 0 aliphatic heterocycles. The number of nitrogens with one attached hydrogen (secondary N) is 1. The summed E-state index contributed by atoms with van der Waals surface area (Å²) in [4.78, 5) is 0. The lowest BCUT2D eigenvalue weighted by Gasteiger charge is -2.18. The van der Waals surface area contributed by atoms with Gasteiger partial charge in [-0.2, -0.15) is 0 Å². The largest absolute Gasteiger partial charge is 0.496 e. The average Bonchev–Trinajstić information content (AvgIpc) is 2.27. The van der Waals surface area contributed by atoms with Gasteiger partial charge in [0.2, 0.25) is 0 Å². The van der Waals surface area contributed by atoms with E-state index < -0.39 is 6.10 Å². The number of aryl methyl sites for hydroxylation is 2. The smallest absolute Gasteiger partial charge is 0.125 e. The van der Waals surface area contributed by atoms with Gasteiger partial charge in [0.15, 0.2) is 0 Å². The van der Waals surface area contributed by atoms with E-state index in [1.54, 1.807) is 7.11 Å². The molecule has 1 atom stereocenters. The molecule has 3 nitrogen and oxygen atoms in total. The molecule has 0 saturated carbocycles. The van der Waals surface area contributed by atoms with Gasteiger partial charge in [-0.15, -0.1) is 0 Å². The van der Waals surface area contributed by atoms with E-state index in [2.05, 4.69) is 18.3 Å². The van der Waals surface area contributed by atoms with Gasteiger partial charge in [-0.05, 0) is 44.0 Å². The van der Waals surface area contributed by atoms with Gasteiger partial charge >= 0.3 is 0 Å². The lowest BCUT2D eigenvalue weighted by molar-refractivity contribution is 0.170. The van der Waals surface area contributed by atoms with Crippen molar-refractivity contribution in [2.75, 3.05) is 20.2 Å². The highest BCUT2D eigenvalue weighted by Crippen LogP contribution is 2.29. The molecule has 0 aliphatic rings. The number of aliphatic hydroxyl groups is 1. The van der Waals surface area contributed by atoms with Crippen LogP contribution in [0.25, 0.3) is 0 Å². The number of benzene rings is 1. The minimum atomic E-state index is -0.517. The SMILES string of the molecule is CCCNCC(O)c1c(C)cc(C)cc1OC. The summed E-state index contributed by atoms with van der Waals surface area (Å²) in [5, 5.41) is 13.4. The van der Waals surface area contributed by atoms with Gasteiger partial charge in [-0.25, -0.2) is 0 Å². The third-order valence-corrected chi connectivity index (χ3v) is 2.81. The van der Waals surface area contributed by atoms with Crippen molar-refractivity contribution in [1.29, 1.82) is 0 Å². The fraction of sp³-hybridized carbons (Fsp3) is 0.571. The highest BCUT2D eigenvalue weighted by molar-refractivity contribution is 5.44. The molecular formula is C14H23NO2. The monoisotopic (exact) mass is 237 g/mol. The Balaban J connectivity index is 2.87. The normalized spacial score (nSPS) is 12.5. The van der Waals surface area contributed by atoms with Crippen LogP contribution in [0.15, 0.2) is 12.1 Å². The maximum atomic E-state index is 10.2. The molecule has 0 saturated heterocycles. The van der Waals surface area contributed by atoms with Crippen LogP contribution >= 0.6 is 0 Å². The predicted molar refractivity (Wildman–Crippen MR) is 70.6 cm³/mol. The van der Waals surface area contributed by atoms with Crippen molar-refractivity contribution in [3.8, 4) is 5.75 Å². The fourth-order valence-electron chi connectivity index (χ4n) is 2.05. The molecule has 96 valence electrons. The first kappa shape index (κ1) is 14.0. The molecule has 1 rings (SSSR count). The van der Waals surface area contributed by atoms with Gasteiger partial charge in [-0.1, -0.05) is 13.0 Å². The van der Waals surface area contributed by atoms with E-state index in [1.165, 1.54) is 0 Å². The molecule has 0 aromatic heterocycles. The molecule has 0 radical (unpaired) electrons. The molecule has 1 unspecified atom stereocenters. The van der Waals surface area contributed by atoms with Crippen LogP contribution in [0.1, 0.15) is 36.1 Å². The van der Waals surface area contributed by atoms with Crippen LogP contribution in [-0.2, 0) is 0 Å². The van der Waals surface area contributed by atoms with Crippen LogP contribution in [0.5, 0.6) is 5.75 Å². The Morgan fingerprint density at radius 2 is 2.06 bits per heavy atom. The molecule has 0 bridgehead atoms. The summed E-state index contributed by atoms with van der Waals surface area (Å²) in [6.45, 7) is 7.63. The summed E-state index contributed by atoms with van der Waals surface area (Å²) >= 11 is 0. The van der Waals surface area contributed by atoms with Crippen molar-refractivity contribution in [2.45, 2.75) is 33.3 Å². The second-order valence-electron chi connectivity index (χ2n) is 4.42. The van der Waals surface area contributed by atoms with Gasteiger partial charge in [0, 0.05) is 12.1 Å². The lowest BCUT2D eigenvalue weighted by Crippen LogP contribution is -2.23. The van der Waals surface area contributed by atoms with Crippen molar-refractivity contribution in [2.24, 2.45) is 0 Å². The molecule has 17 heavy (non-hydrogen) atoms. The summed E-state index contributed by atoms with van der Waals surface area (Å²) in [6, 6.07) is 4.03. The highest BCUT2D eigenvalue weighted by atomic mass is 16.5. The molecule has 0 aliphatic carbocycles. The van der Waals surface area contributed by atoms with Crippen molar-refractivity contribution < 1.29 is 9.84 Å². The molecule has 2 N–H and O–H groups in total. The summed E-state index contributed by atoms with van der Waals surface area (Å²) in [5.74, 6) is 0.772.